The fraction of sp³-hybridized carbons (Fsp3) is 0.692. The Labute approximate surface area is 200 Å². The average molecular weight is 473 g/mol. The summed E-state index contributed by atoms with van der Waals surface area (Å²) in [6.07, 6.45) is 7.03. The van der Waals surface area contributed by atoms with E-state index in [2.05, 4.69) is 10.6 Å². The van der Waals surface area contributed by atoms with Gasteiger partial charge in [0.05, 0.1) is 19.1 Å². The highest BCUT2D eigenvalue weighted by Gasteiger charge is 2.46. The molecular weight excluding hydrogens is 436 g/mol. The molecule has 2 saturated heterocycles. The van der Waals surface area contributed by atoms with Crippen LogP contribution in [0.5, 0.6) is 5.75 Å². The van der Waals surface area contributed by atoms with Crippen LogP contribution in [-0.2, 0) is 19.1 Å². The highest BCUT2D eigenvalue weighted by atomic mass is 16.6. The van der Waals surface area contributed by atoms with Gasteiger partial charge >= 0.3 is 0 Å². The molecule has 2 amide bonds. The van der Waals surface area contributed by atoms with E-state index in [1.54, 1.807) is 0 Å². The number of aliphatic hydroxyl groups is 1. The summed E-state index contributed by atoms with van der Waals surface area (Å²) in [4.78, 5) is 25.4. The van der Waals surface area contributed by atoms with Crippen LogP contribution in [0, 0.1) is 5.92 Å². The van der Waals surface area contributed by atoms with Gasteiger partial charge in [0.2, 0.25) is 11.8 Å². The number of anilines is 1. The number of aliphatic hydroxyl groups excluding tert-OH is 1. The zero-order valence-electron chi connectivity index (χ0n) is 19.7. The van der Waals surface area contributed by atoms with Crippen LogP contribution in [0.3, 0.4) is 0 Å². The fourth-order valence-corrected chi connectivity index (χ4v) is 5.91. The molecule has 1 aliphatic carbocycles. The number of ether oxygens (including phenoxy) is 3. The fourth-order valence-electron chi connectivity index (χ4n) is 5.91. The molecule has 1 saturated carbocycles. The number of carbonyl (C=O) groups is 2. The second-order valence-corrected chi connectivity index (χ2v) is 10.1. The van der Waals surface area contributed by atoms with Crippen LogP contribution in [0.15, 0.2) is 18.2 Å². The Bertz CT molecular complexity index is 880. The quantitative estimate of drug-likeness (QED) is 0.588. The SMILES string of the molecule is O=C(C[C@@H]1C[C@H]2c3cc(NC(=O)C4CCOCC4)ccc3O[C@H]2[C@@H](CO)O1)NC1CCCCC1. The van der Waals surface area contributed by atoms with E-state index in [4.69, 9.17) is 14.2 Å². The van der Waals surface area contributed by atoms with Crippen molar-refractivity contribution in [1.82, 2.24) is 5.32 Å². The lowest BCUT2D eigenvalue weighted by atomic mass is 9.84. The van der Waals surface area contributed by atoms with Crippen molar-refractivity contribution >= 4 is 17.5 Å². The first-order valence-corrected chi connectivity index (χ1v) is 12.9. The average Bonchev–Trinajstić information content (AvgIpc) is 3.22. The number of rotatable bonds is 6. The van der Waals surface area contributed by atoms with E-state index in [0.717, 1.165) is 42.7 Å². The van der Waals surface area contributed by atoms with E-state index in [9.17, 15) is 14.7 Å². The van der Waals surface area contributed by atoms with Crippen molar-refractivity contribution in [3.63, 3.8) is 0 Å². The standard InChI is InChI=1S/C26H36N2O6/c29-15-23-25-21(13-19(33-23)14-24(30)27-17-4-2-1-3-5-17)20-12-18(6-7-22(20)34-25)28-26(31)16-8-10-32-11-9-16/h6-7,12,16-17,19,21,23,25,29H,1-5,8-11,13-15H2,(H,27,30)(H,28,31)/t19-,21-,23+,25+/m0/s1. The third-order valence-electron chi connectivity index (χ3n) is 7.74. The van der Waals surface area contributed by atoms with Crippen LogP contribution in [0.2, 0.25) is 0 Å². The number of hydrogen-bond acceptors (Lipinski definition) is 6. The van der Waals surface area contributed by atoms with E-state index < -0.39 is 6.10 Å². The van der Waals surface area contributed by atoms with Gasteiger partial charge in [-0.2, -0.15) is 0 Å². The summed E-state index contributed by atoms with van der Waals surface area (Å²) in [5.74, 6) is 0.779. The van der Waals surface area contributed by atoms with Crippen molar-refractivity contribution in [2.45, 2.75) is 88.1 Å². The van der Waals surface area contributed by atoms with E-state index in [0.29, 0.717) is 19.6 Å². The highest BCUT2D eigenvalue weighted by Crippen LogP contribution is 2.47. The van der Waals surface area contributed by atoms with Gasteiger partial charge in [-0.05, 0) is 50.3 Å². The zero-order valence-corrected chi connectivity index (χ0v) is 19.7. The minimum absolute atomic E-state index is 0.00770. The molecule has 1 aromatic carbocycles. The van der Waals surface area contributed by atoms with Gasteiger partial charge in [-0.25, -0.2) is 0 Å². The summed E-state index contributed by atoms with van der Waals surface area (Å²) in [5.41, 5.74) is 1.76. The van der Waals surface area contributed by atoms with Crippen molar-refractivity contribution in [3.05, 3.63) is 23.8 Å². The molecule has 186 valence electrons. The Morgan fingerprint density at radius 1 is 1.06 bits per heavy atom. The molecule has 1 aromatic rings. The van der Waals surface area contributed by atoms with Crippen molar-refractivity contribution in [3.8, 4) is 5.75 Å². The first kappa shape index (κ1) is 23.6. The summed E-state index contributed by atoms with van der Waals surface area (Å²) < 4.78 is 17.6. The van der Waals surface area contributed by atoms with Gasteiger partial charge in [0.15, 0.2) is 0 Å². The molecule has 3 fully saturated rings. The Balaban J connectivity index is 1.25. The number of amides is 2. The van der Waals surface area contributed by atoms with Crippen LogP contribution >= 0.6 is 0 Å². The highest BCUT2D eigenvalue weighted by molar-refractivity contribution is 5.92. The summed E-state index contributed by atoms with van der Waals surface area (Å²) in [6.45, 7) is 1.08. The molecule has 4 atom stereocenters. The Morgan fingerprint density at radius 2 is 1.85 bits per heavy atom. The molecule has 0 bridgehead atoms. The van der Waals surface area contributed by atoms with Gasteiger partial charge in [0.1, 0.15) is 18.0 Å². The third kappa shape index (κ3) is 5.24. The van der Waals surface area contributed by atoms with Gasteiger partial charge in [-0.15, -0.1) is 0 Å². The first-order chi connectivity index (χ1) is 16.6. The second kappa shape index (κ2) is 10.6. The molecule has 0 spiro atoms. The van der Waals surface area contributed by atoms with Crippen LogP contribution in [-0.4, -0.2) is 61.1 Å². The summed E-state index contributed by atoms with van der Waals surface area (Å²) in [7, 11) is 0. The second-order valence-electron chi connectivity index (χ2n) is 10.1. The minimum Gasteiger partial charge on any atom is -0.487 e. The van der Waals surface area contributed by atoms with Gasteiger partial charge in [0, 0.05) is 42.3 Å². The topological polar surface area (TPSA) is 106 Å². The number of fused-ring (bicyclic) bond motifs is 3. The monoisotopic (exact) mass is 472 g/mol. The van der Waals surface area contributed by atoms with Gasteiger partial charge in [0.25, 0.3) is 0 Å². The van der Waals surface area contributed by atoms with Crippen LogP contribution < -0.4 is 15.4 Å². The lowest BCUT2D eigenvalue weighted by molar-refractivity contribution is -0.142. The minimum atomic E-state index is -0.487. The summed E-state index contributed by atoms with van der Waals surface area (Å²) >= 11 is 0. The van der Waals surface area contributed by atoms with E-state index in [1.165, 1.54) is 19.3 Å². The van der Waals surface area contributed by atoms with Gasteiger partial charge < -0.3 is 30.0 Å². The van der Waals surface area contributed by atoms with Gasteiger partial charge in [-0.3, -0.25) is 9.59 Å². The predicted octanol–water partition coefficient (Wildman–Crippen LogP) is 2.89. The van der Waals surface area contributed by atoms with E-state index >= 15 is 0 Å². The van der Waals surface area contributed by atoms with Crippen molar-refractivity contribution in [2.24, 2.45) is 5.92 Å². The Hall–Kier alpha value is -2.16. The lowest BCUT2D eigenvalue weighted by Gasteiger charge is -2.37. The molecule has 0 aromatic heterocycles. The Morgan fingerprint density at radius 3 is 2.62 bits per heavy atom. The molecular formula is C26H36N2O6. The molecule has 5 rings (SSSR count). The van der Waals surface area contributed by atoms with Crippen LogP contribution in [0.4, 0.5) is 5.69 Å². The molecule has 8 heteroatoms. The largest absolute Gasteiger partial charge is 0.487 e. The van der Waals surface area contributed by atoms with Crippen LogP contribution in [0.25, 0.3) is 0 Å². The van der Waals surface area contributed by atoms with Crippen molar-refractivity contribution in [2.75, 3.05) is 25.1 Å². The van der Waals surface area contributed by atoms with Crippen molar-refractivity contribution in [1.29, 1.82) is 0 Å². The number of benzene rings is 1. The number of hydrogen-bond donors (Lipinski definition) is 3. The summed E-state index contributed by atoms with van der Waals surface area (Å²) in [6, 6.07) is 5.99. The number of nitrogens with one attached hydrogen (secondary N) is 2. The molecule has 3 N–H and O–H groups in total. The lowest BCUT2D eigenvalue weighted by Crippen LogP contribution is -2.48. The third-order valence-corrected chi connectivity index (χ3v) is 7.74. The van der Waals surface area contributed by atoms with E-state index in [1.807, 2.05) is 18.2 Å². The molecule has 34 heavy (non-hydrogen) atoms. The molecule has 0 unspecified atom stereocenters. The molecule has 3 aliphatic heterocycles. The molecule has 3 heterocycles. The maximum absolute atomic E-state index is 12.7. The molecule has 4 aliphatic rings. The Kier molecular flexibility index (Phi) is 7.37. The molecule has 8 nitrogen and oxygen atoms in total. The zero-order chi connectivity index (χ0) is 23.5. The normalized spacial score (nSPS) is 29.6. The predicted molar refractivity (Wildman–Crippen MR) is 126 cm³/mol. The van der Waals surface area contributed by atoms with Crippen LogP contribution in [0.1, 0.15) is 69.3 Å². The smallest absolute Gasteiger partial charge is 0.227 e. The maximum atomic E-state index is 12.7. The number of carbonyl (C=O) groups excluding carboxylic acids is 2. The van der Waals surface area contributed by atoms with Crippen molar-refractivity contribution < 1.29 is 28.9 Å². The summed E-state index contributed by atoms with van der Waals surface area (Å²) in [5, 5.41) is 16.2. The maximum Gasteiger partial charge on any atom is 0.227 e. The van der Waals surface area contributed by atoms with E-state index in [-0.39, 0.29) is 54.9 Å². The van der Waals surface area contributed by atoms with Gasteiger partial charge in [-0.1, -0.05) is 19.3 Å². The molecule has 0 radical (unpaired) electrons. The first-order valence-electron chi connectivity index (χ1n) is 12.9.